The number of rotatable bonds is 6. The quantitative estimate of drug-likeness (QED) is 0.371. The van der Waals surface area contributed by atoms with Gasteiger partial charge in [0.25, 0.3) is 5.89 Å². The van der Waals surface area contributed by atoms with Crippen LogP contribution in [0, 0.1) is 0 Å². The Morgan fingerprint density at radius 3 is 2.52 bits per heavy atom. The summed E-state index contributed by atoms with van der Waals surface area (Å²) in [6.45, 7) is 9.54. The van der Waals surface area contributed by atoms with E-state index in [1.807, 2.05) is 16.8 Å². The van der Waals surface area contributed by atoms with Crippen molar-refractivity contribution in [2.45, 2.75) is 50.6 Å². The fraction of sp³-hybridized carbons (Fsp3) is 0.333. The second-order valence-corrected chi connectivity index (χ2v) is 9.42. The van der Waals surface area contributed by atoms with E-state index in [9.17, 15) is 0 Å². The Hall–Kier alpha value is -2.45. The van der Waals surface area contributed by atoms with Crippen LogP contribution < -0.4 is 0 Å². The Bertz CT molecular complexity index is 1080. The molecule has 4 rings (SSSR count). The standard InChI is InChI=1S/C21H23N5OS2/c1-5-26-18(14-6-8-16(9-7-14)21(2,3)4)23-24-20(26)29-13-17-22-19(27-25-17)15-10-11-28-12-15/h6-12H,5,13H2,1-4H3. The Labute approximate surface area is 178 Å². The van der Waals surface area contributed by atoms with Crippen molar-refractivity contribution in [2.24, 2.45) is 0 Å². The van der Waals surface area contributed by atoms with Gasteiger partial charge in [-0.2, -0.15) is 16.3 Å². The largest absolute Gasteiger partial charge is 0.334 e. The van der Waals surface area contributed by atoms with E-state index in [0.29, 0.717) is 17.5 Å². The summed E-state index contributed by atoms with van der Waals surface area (Å²) in [5.74, 6) is 2.66. The number of thiophene rings is 1. The van der Waals surface area contributed by atoms with Gasteiger partial charge in [0.1, 0.15) is 0 Å². The molecule has 0 aliphatic rings. The van der Waals surface area contributed by atoms with Crippen molar-refractivity contribution in [1.82, 2.24) is 24.9 Å². The maximum atomic E-state index is 5.36. The lowest BCUT2D eigenvalue weighted by atomic mass is 9.87. The summed E-state index contributed by atoms with van der Waals surface area (Å²) in [6, 6.07) is 10.6. The molecular weight excluding hydrogens is 402 g/mol. The predicted octanol–water partition coefficient (Wildman–Crippen LogP) is 5.67. The molecule has 0 aliphatic carbocycles. The first-order chi connectivity index (χ1) is 14.0. The summed E-state index contributed by atoms with van der Waals surface area (Å²) in [4.78, 5) is 4.47. The van der Waals surface area contributed by atoms with Crippen molar-refractivity contribution < 1.29 is 4.52 Å². The molecular formula is C21H23N5OS2. The van der Waals surface area contributed by atoms with Crippen molar-refractivity contribution >= 4 is 23.1 Å². The lowest BCUT2D eigenvalue weighted by Crippen LogP contribution is -2.10. The zero-order chi connectivity index (χ0) is 20.4. The second-order valence-electron chi connectivity index (χ2n) is 7.69. The average molecular weight is 426 g/mol. The van der Waals surface area contributed by atoms with Crippen LogP contribution in [0.2, 0.25) is 0 Å². The van der Waals surface area contributed by atoms with Gasteiger partial charge in [-0.25, -0.2) is 0 Å². The summed E-state index contributed by atoms with van der Waals surface area (Å²) in [5.41, 5.74) is 3.46. The third kappa shape index (κ3) is 4.28. The molecule has 8 heteroatoms. The van der Waals surface area contributed by atoms with Crippen LogP contribution in [0.1, 0.15) is 39.1 Å². The van der Waals surface area contributed by atoms with Gasteiger partial charge in [-0.05, 0) is 29.3 Å². The molecule has 0 spiro atoms. The van der Waals surface area contributed by atoms with Crippen molar-refractivity contribution in [3.8, 4) is 22.8 Å². The lowest BCUT2D eigenvalue weighted by molar-refractivity contribution is 0.425. The van der Waals surface area contributed by atoms with Crippen molar-refractivity contribution in [3.05, 3.63) is 52.5 Å². The normalized spacial score (nSPS) is 11.9. The van der Waals surface area contributed by atoms with E-state index in [4.69, 9.17) is 4.52 Å². The molecule has 1 aromatic carbocycles. The summed E-state index contributed by atoms with van der Waals surface area (Å²) >= 11 is 3.17. The number of hydrogen-bond acceptors (Lipinski definition) is 7. The summed E-state index contributed by atoms with van der Waals surface area (Å²) in [7, 11) is 0. The van der Waals surface area contributed by atoms with Gasteiger partial charge in [0.05, 0.1) is 11.3 Å². The van der Waals surface area contributed by atoms with E-state index in [2.05, 4.69) is 76.9 Å². The molecule has 4 aromatic rings. The number of benzene rings is 1. The molecule has 0 N–H and O–H groups in total. The van der Waals surface area contributed by atoms with Gasteiger partial charge in [-0.1, -0.05) is 62.0 Å². The molecule has 0 fully saturated rings. The molecule has 0 aliphatic heterocycles. The van der Waals surface area contributed by atoms with E-state index in [0.717, 1.165) is 28.7 Å². The monoisotopic (exact) mass is 425 g/mol. The predicted molar refractivity (Wildman–Crippen MR) is 117 cm³/mol. The maximum absolute atomic E-state index is 5.36. The second kappa shape index (κ2) is 8.12. The molecule has 6 nitrogen and oxygen atoms in total. The molecule has 3 aromatic heterocycles. The van der Waals surface area contributed by atoms with Crippen LogP contribution >= 0.6 is 23.1 Å². The van der Waals surface area contributed by atoms with Crippen molar-refractivity contribution in [1.29, 1.82) is 0 Å². The Balaban J connectivity index is 1.50. The van der Waals surface area contributed by atoms with E-state index < -0.39 is 0 Å². The van der Waals surface area contributed by atoms with Crippen LogP contribution in [0.4, 0.5) is 0 Å². The summed E-state index contributed by atoms with van der Waals surface area (Å²) < 4.78 is 7.48. The van der Waals surface area contributed by atoms with Crippen molar-refractivity contribution in [3.63, 3.8) is 0 Å². The molecule has 29 heavy (non-hydrogen) atoms. The average Bonchev–Trinajstić information content (AvgIpc) is 3.45. The van der Waals surface area contributed by atoms with E-state index in [-0.39, 0.29) is 5.41 Å². The Morgan fingerprint density at radius 1 is 1.07 bits per heavy atom. The highest BCUT2D eigenvalue weighted by Gasteiger charge is 2.17. The van der Waals surface area contributed by atoms with Gasteiger partial charge in [0, 0.05) is 17.5 Å². The van der Waals surface area contributed by atoms with Crippen LogP contribution in [0.5, 0.6) is 0 Å². The third-order valence-electron chi connectivity index (χ3n) is 4.61. The van der Waals surface area contributed by atoms with Crippen LogP contribution in [0.15, 0.2) is 50.8 Å². The number of aromatic nitrogens is 5. The first-order valence-electron chi connectivity index (χ1n) is 9.48. The highest BCUT2D eigenvalue weighted by molar-refractivity contribution is 7.98. The molecule has 150 valence electrons. The van der Waals surface area contributed by atoms with Gasteiger partial charge in [-0.3, -0.25) is 0 Å². The molecule has 0 unspecified atom stereocenters. The van der Waals surface area contributed by atoms with Gasteiger partial charge in [0.2, 0.25) is 0 Å². The minimum absolute atomic E-state index is 0.129. The van der Waals surface area contributed by atoms with E-state index in [1.54, 1.807) is 23.1 Å². The fourth-order valence-electron chi connectivity index (χ4n) is 2.96. The molecule has 0 saturated carbocycles. The SMILES string of the molecule is CCn1c(SCc2noc(-c3ccsc3)n2)nnc1-c1ccc(C(C)(C)C)cc1. The molecule has 0 radical (unpaired) electrons. The van der Waals surface area contributed by atoms with E-state index >= 15 is 0 Å². The lowest BCUT2D eigenvalue weighted by Gasteiger charge is -2.19. The maximum Gasteiger partial charge on any atom is 0.258 e. The summed E-state index contributed by atoms with van der Waals surface area (Å²) in [5, 5.41) is 17.8. The fourth-order valence-corrected chi connectivity index (χ4v) is 4.43. The first-order valence-corrected chi connectivity index (χ1v) is 11.4. The molecule has 0 saturated heterocycles. The number of nitrogens with zero attached hydrogens (tertiary/aromatic N) is 5. The van der Waals surface area contributed by atoms with Crippen LogP contribution in [-0.2, 0) is 17.7 Å². The first kappa shape index (κ1) is 19.8. The minimum Gasteiger partial charge on any atom is -0.334 e. The Kier molecular flexibility index (Phi) is 5.56. The van der Waals surface area contributed by atoms with Gasteiger partial charge in [0.15, 0.2) is 16.8 Å². The van der Waals surface area contributed by atoms with Gasteiger partial charge in [-0.15, -0.1) is 10.2 Å². The summed E-state index contributed by atoms with van der Waals surface area (Å²) in [6.07, 6.45) is 0. The molecule has 0 amide bonds. The van der Waals surface area contributed by atoms with E-state index in [1.165, 1.54) is 5.56 Å². The van der Waals surface area contributed by atoms with Crippen LogP contribution in [0.3, 0.4) is 0 Å². The smallest absolute Gasteiger partial charge is 0.258 e. The molecule has 0 bridgehead atoms. The number of hydrogen-bond donors (Lipinski definition) is 0. The molecule has 3 heterocycles. The highest BCUT2D eigenvalue weighted by atomic mass is 32.2. The topological polar surface area (TPSA) is 69.6 Å². The van der Waals surface area contributed by atoms with Gasteiger partial charge < -0.3 is 9.09 Å². The minimum atomic E-state index is 0.129. The Morgan fingerprint density at radius 2 is 1.86 bits per heavy atom. The number of thioether (sulfide) groups is 1. The van der Waals surface area contributed by atoms with Crippen LogP contribution in [-0.4, -0.2) is 24.9 Å². The molecule has 0 atom stereocenters. The highest BCUT2D eigenvalue weighted by Crippen LogP contribution is 2.29. The van der Waals surface area contributed by atoms with Crippen molar-refractivity contribution in [2.75, 3.05) is 0 Å². The zero-order valence-corrected chi connectivity index (χ0v) is 18.5. The van der Waals surface area contributed by atoms with Crippen LogP contribution in [0.25, 0.3) is 22.8 Å². The third-order valence-corrected chi connectivity index (χ3v) is 6.25. The zero-order valence-electron chi connectivity index (χ0n) is 16.9. The van der Waals surface area contributed by atoms with Gasteiger partial charge >= 0.3 is 0 Å².